The van der Waals surface area contributed by atoms with Crippen LogP contribution >= 0.6 is 0 Å². The van der Waals surface area contributed by atoms with Gasteiger partial charge in [-0.2, -0.15) is 0 Å². The molecule has 1 N–H and O–H groups in total. The molecule has 0 aliphatic heterocycles. The van der Waals surface area contributed by atoms with Gasteiger partial charge in [0, 0.05) is 13.1 Å². The minimum absolute atomic E-state index is 0.152. The Morgan fingerprint density at radius 1 is 1.22 bits per heavy atom. The predicted octanol–water partition coefficient (Wildman–Crippen LogP) is 2.15. The highest BCUT2D eigenvalue weighted by atomic mass is 32.2. The molecule has 0 bridgehead atoms. The molecule has 1 amide bonds. The lowest BCUT2D eigenvalue weighted by Gasteiger charge is -2.20. The largest absolute Gasteiger partial charge is 0.481 e. The maximum absolute atomic E-state index is 12.1. The van der Waals surface area contributed by atoms with Crippen LogP contribution in [0, 0.1) is 0 Å². The Morgan fingerprint density at radius 3 is 2.17 bits per heavy atom. The molecule has 1 rings (SSSR count). The normalized spacial score (nSPS) is 12.8. The minimum atomic E-state index is -3.30. The molecular weight excluding hydrogens is 316 g/mol. The van der Waals surface area contributed by atoms with Crippen molar-refractivity contribution in [2.24, 2.45) is 0 Å². The summed E-state index contributed by atoms with van der Waals surface area (Å²) >= 11 is 0. The monoisotopic (exact) mass is 342 g/mol. The van der Waals surface area contributed by atoms with E-state index in [0.717, 1.165) is 19.1 Å². The van der Waals surface area contributed by atoms with Crippen molar-refractivity contribution in [1.29, 1.82) is 0 Å². The van der Waals surface area contributed by atoms with Crippen LogP contribution in [0.1, 0.15) is 33.6 Å². The van der Waals surface area contributed by atoms with Gasteiger partial charge in [-0.3, -0.25) is 9.10 Å². The molecular formula is C16H26N2O4S. The van der Waals surface area contributed by atoms with E-state index >= 15 is 0 Å². The number of rotatable bonds is 8. The van der Waals surface area contributed by atoms with Crippen LogP contribution in [-0.2, 0) is 14.8 Å². The van der Waals surface area contributed by atoms with Gasteiger partial charge < -0.3 is 10.1 Å². The summed E-state index contributed by atoms with van der Waals surface area (Å²) < 4.78 is 29.8. The fraction of sp³-hybridized carbons (Fsp3) is 0.562. The van der Waals surface area contributed by atoms with E-state index in [1.54, 1.807) is 31.2 Å². The summed E-state index contributed by atoms with van der Waals surface area (Å²) in [5.74, 6) is 0.360. The van der Waals surface area contributed by atoms with Gasteiger partial charge in [-0.15, -0.1) is 0 Å². The second-order valence-electron chi connectivity index (χ2n) is 5.51. The van der Waals surface area contributed by atoms with E-state index in [2.05, 4.69) is 5.32 Å². The lowest BCUT2D eigenvalue weighted by molar-refractivity contribution is -0.128. The Bertz CT molecular complexity index is 609. The van der Waals surface area contributed by atoms with Crippen LogP contribution in [0.5, 0.6) is 5.75 Å². The molecule has 23 heavy (non-hydrogen) atoms. The SMILES string of the molecule is CCC(CC)NC(=O)C(C)Oc1ccc(N(C)S(C)(=O)=O)cc1. The maximum atomic E-state index is 12.1. The highest BCUT2D eigenvalue weighted by molar-refractivity contribution is 7.92. The first-order valence-corrected chi connectivity index (χ1v) is 9.54. The maximum Gasteiger partial charge on any atom is 0.260 e. The number of hydrogen-bond acceptors (Lipinski definition) is 4. The van der Waals surface area contributed by atoms with Gasteiger partial charge in [-0.1, -0.05) is 13.8 Å². The molecule has 1 aromatic rings. The first kappa shape index (κ1) is 19.3. The van der Waals surface area contributed by atoms with E-state index in [-0.39, 0.29) is 11.9 Å². The molecule has 1 unspecified atom stereocenters. The van der Waals surface area contributed by atoms with Crippen molar-refractivity contribution in [3.8, 4) is 5.75 Å². The summed E-state index contributed by atoms with van der Waals surface area (Å²) in [6.07, 6.45) is 2.28. The van der Waals surface area contributed by atoms with Crippen LogP contribution in [-0.4, -0.2) is 39.8 Å². The van der Waals surface area contributed by atoms with Gasteiger partial charge >= 0.3 is 0 Å². The van der Waals surface area contributed by atoms with Crippen LogP contribution in [0.3, 0.4) is 0 Å². The minimum Gasteiger partial charge on any atom is -0.481 e. The molecule has 0 saturated heterocycles. The molecule has 0 fully saturated rings. The molecule has 1 aromatic carbocycles. The number of benzene rings is 1. The molecule has 6 nitrogen and oxygen atoms in total. The number of ether oxygens (including phenoxy) is 1. The molecule has 0 aliphatic carbocycles. The lowest BCUT2D eigenvalue weighted by atomic mass is 10.1. The first-order chi connectivity index (χ1) is 10.7. The van der Waals surface area contributed by atoms with Crippen LogP contribution in [0.25, 0.3) is 0 Å². The third-order valence-corrected chi connectivity index (χ3v) is 4.92. The quantitative estimate of drug-likeness (QED) is 0.785. The molecule has 0 spiro atoms. The highest BCUT2D eigenvalue weighted by Gasteiger charge is 2.18. The predicted molar refractivity (Wildman–Crippen MR) is 92.3 cm³/mol. The second kappa shape index (κ2) is 8.19. The topological polar surface area (TPSA) is 75.7 Å². The zero-order chi connectivity index (χ0) is 17.6. The molecule has 0 radical (unpaired) electrons. The lowest BCUT2D eigenvalue weighted by Crippen LogP contribution is -2.42. The zero-order valence-corrected chi connectivity index (χ0v) is 15.2. The van der Waals surface area contributed by atoms with Gasteiger partial charge in [-0.25, -0.2) is 8.42 Å². The van der Waals surface area contributed by atoms with E-state index in [1.165, 1.54) is 11.4 Å². The summed E-state index contributed by atoms with van der Waals surface area (Å²) in [5.41, 5.74) is 0.536. The van der Waals surface area contributed by atoms with Crippen LogP contribution in [0.15, 0.2) is 24.3 Å². The number of carbonyl (C=O) groups is 1. The van der Waals surface area contributed by atoms with E-state index in [1.807, 2.05) is 13.8 Å². The standard InChI is InChI=1S/C16H26N2O4S/c1-6-13(7-2)17-16(19)12(3)22-15-10-8-14(9-11-15)18(4)23(5,20)21/h8-13H,6-7H2,1-5H3,(H,17,19). The Kier molecular flexibility index (Phi) is 6.87. The number of nitrogens with zero attached hydrogens (tertiary/aromatic N) is 1. The van der Waals surface area contributed by atoms with Gasteiger partial charge in [0.1, 0.15) is 5.75 Å². The van der Waals surface area contributed by atoms with Crippen molar-refractivity contribution in [2.75, 3.05) is 17.6 Å². The van der Waals surface area contributed by atoms with Gasteiger partial charge in [-0.05, 0) is 44.0 Å². The third kappa shape index (κ3) is 5.74. The van der Waals surface area contributed by atoms with Crippen molar-refractivity contribution in [3.05, 3.63) is 24.3 Å². The second-order valence-corrected chi connectivity index (χ2v) is 7.52. The molecule has 0 saturated carbocycles. The molecule has 0 aliphatic rings. The van der Waals surface area contributed by atoms with Crippen LogP contribution in [0.2, 0.25) is 0 Å². The van der Waals surface area contributed by atoms with E-state index < -0.39 is 16.1 Å². The number of sulfonamides is 1. The summed E-state index contributed by atoms with van der Waals surface area (Å²) in [5, 5.41) is 2.93. The van der Waals surface area contributed by atoms with Crippen LogP contribution < -0.4 is 14.4 Å². The summed E-state index contributed by atoms with van der Waals surface area (Å²) in [4.78, 5) is 12.1. The van der Waals surface area contributed by atoms with E-state index in [0.29, 0.717) is 11.4 Å². The van der Waals surface area contributed by atoms with Crippen molar-refractivity contribution in [3.63, 3.8) is 0 Å². The number of amides is 1. The van der Waals surface area contributed by atoms with Crippen molar-refractivity contribution in [2.45, 2.75) is 45.8 Å². The number of carbonyl (C=O) groups excluding carboxylic acids is 1. The molecule has 7 heteroatoms. The third-order valence-electron chi connectivity index (χ3n) is 3.71. The Balaban J connectivity index is 2.69. The van der Waals surface area contributed by atoms with Crippen molar-refractivity contribution in [1.82, 2.24) is 5.32 Å². The number of nitrogens with one attached hydrogen (secondary N) is 1. The summed E-state index contributed by atoms with van der Waals surface area (Å²) in [7, 11) is -1.81. The van der Waals surface area contributed by atoms with Gasteiger partial charge in [0.15, 0.2) is 6.10 Å². The van der Waals surface area contributed by atoms with E-state index in [4.69, 9.17) is 4.74 Å². The molecule has 0 aromatic heterocycles. The van der Waals surface area contributed by atoms with Crippen LogP contribution in [0.4, 0.5) is 5.69 Å². The average Bonchev–Trinajstić information content (AvgIpc) is 2.51. The molecule has 0 heterocycles. The van der Waals surface area contributed by atoms with Gasteiger partial charge in [0.2, 0.25) is 10.0 Å². The number of anilines is 1. The van der Waals surface area contributed by atoms with Crippen molar-refractivity contribution < 1.29 is 17.9 Å². The molecule has 130 valence electrons. The Hall–Kier alpha value is -1.76. The Morgan fingerprint density at radius 2 is 1.74 bits per heavy atom. The average molecular weight is 342 g/mol. The number of hydrogen-bond donors (Lipinski definition) is 1. The fourth-order valence-corrected chi connectivity index (χ4v) is 2.50. The molecule has 1 atom stereocenters. The van der Waals surface area contributed by atoms with Gasteiger partial charge in [0.05, 0.1) is 11.9 Å². The van der Waals surface area contributed by atoms with E-state index in [9.17, 15) is 13.2 Å². The van der Waals surface area contributed by atoms with Gasteiger partial charge in [0.25, 0.3) is 5.91 Å². The zero-order valence-electron chi connectivity index (χ0n) is 14.4. The highest BCUT2D eigenvalue weighted by Crippen LogP contribution is 2.21. The summed E-state index contributed by atoms with van der Waals surface area (Å²) in [6, 6.07) is 6.74. The Labute approximate surface area is 138 Å². The fourth-order valence-electron chi connectivity index (χ4n) is 2.00. The van der Waals surface area contributed by atoms with Crippen molar-refractivity contribution >= 4 is 21.6 Å². The first-order valence-electron chi connectivity index (χ1n) is 7.70. The smallest absolute Gasteiger partial charge is 0.260 e. The summed E-state index contributed by atoms with van der Waals surface area (Å²) in [6.45, 7) is 5.74.